The van der Waals surface area contributed by atoms with Crippen LogP contribution < -0.4 is 5.32 Å². The number of piperidine rings is 1. The first-order valence-corrected chi connectivity index (χ1v) is 10.1. The molecule has 1 aromatic heterocycles. The minimum Gasteiger partial charge on any atom is -0.393 e. The first-order chi connectivity index (χ1) is 13.2. The van der Waals surface area contributed by atoms with Gasteiger partial charge in [-0.15, -0.1) is 0 Å². The van der Waals surface area contributed by atoms with E-state index in [2.05, 4.69) is 60.4 Å². The molecule has 1 aliphatic heterocycles. The normalized spacial score (nSPS) is 15.9. The van der Waals surface area contributed by atoms with Gasteiger partial charge in [-0.2, -0.15) is 0 Å². The Kier molecular flexibility index (Phi) is 5.66. The zero-order valence-corrected chi connectivity index (χ0v) is 16.7. The Morgan fingerprint density at radius 3 is 2.67 bits per heavy atom. The van der Waals surface area contributed by atoms with E-state index in [4.69, 9.17) is 0 Å². The summed E-state index contributed by atoms with van der Waals surface area (Å²) < 4.78 is 1.01. The molecular weight excluding hydrogens is 404 g/mol. The largest absolute Gasteiger partial charge is 0.393 e. The summed E-state index contributed by atoms with van der Waals surface area (Å²) in [4.78, 5) is 11.2. The number of nitrogens with one attached hydrogen (secondary N) is 1. The number of anilines is 1. The topological polar surface area (TPSA) is 61.3 Å². The molecule has 2 aromatic carbocycles. The fourth-order valence-corrected chi connectivity index (χ4v) is 3.91. The molecule has 0 spiro atoms. The maximum atomic E-state index is 9.71. The number of aliphatic hydroxyl groups is 1. The maximum absolute atomic E-state index is 9.71. The predicted octanol–water partition coefficient (Wildman–Crippen LogP) is 3.96. The fraction of sp³-hybridized carbons (Fsp3) is 0.333. The van der Waals surface area contributed by atoms with Crippen LogP contribution in [0.1, 0.15) is 24.0 Å². The molecule has 0 saturated carbocycles. The van der Waals surface area contributed by atoms with Gasteiger partial charge >= 0.3 is 0 Å². The Morgan fingerprint density at radius 2 is 1.85 bits per heavy atom. The highest BCUT2D eigenvalue weighted by atomic mass is 79.9. The van der Waals surface area contributed by atoms with Gasteiger partial charge in [0.2, 0.25) is 0 Å². The number of likely N-dealkylation sites (tertiary alicyclic amines) is 1. The lowest BCUT2D eigenvalue weighted by atomic mass is 10.0. The van der Waals surface area contributed by atoms with Crippen LogP contribution in [-0.4, -0.2) is 39.2 Å². The summed E-state index contributed by atoms with van der Waals surface area (Å²) in [6, 6.07) is 14.6. The van der Waals surface area contributed by atoms with Crippen molar-refractivity contribution in [3.05, 3.63) is 64.4 Å². The second-order valence-electron chi connectivity index (χ2n) is 7.01. The summed E-state index contributed by atoms with van der Waals surface area (Å²) in [5.41, 5.74) is 3.52. The summed E-state index contributed by atoms with van der Waals surface area (Å²) >= 11 is 3.53. The van der Waals surface area contributed by atoms with E-state index >= 15 is 0 Å². The number of fused-ring (bicyclic) bond motifs is 1. The number of aliphatic hydroxyl groups excluding tert-OH is 1. The zero-order chi connectivity index (χ0) is 18.6. The van der Waals surface area contributed by atoms with Crippen LogP contribution >= 0.6 is 15.9 Å². The maximum Gasteiger partial charge on any atom is 0.137 e. The van der Waals surface area contributed by atoms with Crippen LogP contribution in [0.4, 0.5) is 5.82 Å². The van der Waals surface area contributed by atoms with Crippen molar-refractivity contribution >= 4 is 32.7 Å². The lowest BCUT2D eigenvalue weighted by molar-refractivity contribution is 0.0791. The van der Waals surface area contributed by atoms with E-state index in [9.17, 15) is 5.11 Å². The van der Waals surface area contributed by atoms with Gasteiger partial charge in [-0.1, -0.05) is 40.2 Å². The summed E-state index contributed by atoms with van der Waals surface area (Å²) in [5, 5.41) is 14.2. The monoisotopic (exact) mass is 426 g/mol. The van der Waals surface area contributed by atoms with E-state index < -0.39 is 0 Å². The first-order valence-electron chi connectivity index (χ1n) is 9.30. The number of nitrogens with zero attached hydrogens (tertiary/aromatic N) is 3. The van der Waals surface area contributed by atoms with Crippen LogP contribution in [-0.2, 0) is 13.1 Å². The molecule has 6 heteroatoms. The predicted molar refractivity (Wildman–Crippen MR) is 112 cm³/mol. The highest BCUT2D eigenvalue weighted by Crippen LogP contribution is 2.24. The molecule has 1 fully saturated rings. The summed E-state index contributed by atoms with van der Waals surface area (Å²) in [6.45, 7) is 3.53. The minimum absolute atomic E-state index is 0.136. The van der Waals surface area contributed by atoms with Gasteiger partial charge in [0.1, 0.15) is 12.1 Å². The average molecular weight is 427 g/mol. The molecule has 5 nitrogen and oxygen atoms in total. The van der Waals surface area contributed by atoms with Gasteiger partial charge in [0, 0.05) is 36.0 Å². The van der Waals surface area contributed by atoms with Gasteiger partial charge in [-0.3, -0.25) is 4.90 Å². The fourth-order valence-electron chi connectivity index (χ4n) is 3.55. The van der Waals surface area contributed by atoms with E-state index in [1.807, 2.05) is 18.2 Å². The lowest BCUT2D eigenvalue weighted by Gasteiger charge is -2.30. The Labute approximate surface area is 167 Å². The van der Waals surface area contributed by atoms with E-state index in [0.717, 1.165) is 53.7 Å². The number of aromatic nitrogens is 2. The minimum atomic E-state index is -0.136. The third-order valence-corrected chi connectivity index (χ3v) is 5.61. The Hall–Kier alpha value is -2.02. The van der Waals surface area contributed by atoms with Crippen LogP contribution in [0.5, 0.6) is 0 Å². The third-order valence-electron chi connectivity index (χ3n) is 5.11. The number of benzene rings is 2. The number of hydrogen-bond donors (Lipinski definition) is 2. The second-order valence-corrected chi connectivity index (χ2v) is 7.93. The summed E-state index contributed by atoms with van der Waals surface area (Å²) in [5.74, 6) is 0.845. The molecule has 0 unspecified atom stereocenters. The molecule has 0 amide bonds. The molecule has 4 rings (SSSR count). The first kappa shape index (κ1) is 18.3. The number of hydrogen-bond acceptors (Lipinski definition) is 5. The molecule has 1 aliphatic rings. The highest BCUT2D eigenvalue weighted by molar-refractivity contribution is 9.10. The van der Waals surface area contributed by atoms with Gasteiger partial charge in [-0.05, 0) is 42.2 Å². The average Bonchev–Trinajstić information content (AvgIpc) is 2.69. The standard InChI is InChI=1S/C21H23BrN4O/c22-17-5-6-20-19(11-17)21(25-14-24-20)23-12-15-3-1-2-4-16(15)13-26-9-7-18(27)8-10-26/h1-6,11,14,18,27H,7-10,12-13H2,(H,23,24,25). The van der Waals surface area contributed by atoms with Gasteiger partial charge in [-0.25, -0.2) is 9.97 Å². The van der Waals surface area contributed by atoms with E-state index in [1.165, 1.54) is 11.1 Å². The third kappa shape index (κ3) is 4.46. The van der Waals surface area contributed by atoms with Crippen LogP contribution in [0.25, 0.3) is 10.9 Å². The molecule has 140 valence electrons. The number of rotatable bonds is 5. The molecule has 2 heterocycles. The van der Waals surface area contributed by atoms with Crippen molar-refractivity contribution in [2.75, 3.05) is 18.4 Å². The van der Waals surface area contributed by atoms with E-state index in [1.54, 1.807) is 6.33 Å². The molecule has 2 N–H and O–H groups in total. The van der Waals surface area contributed by atoms with Crippen molar-refractivity contribution in [3.8, 4) is 0 Å². The van der Waals surface area contributed by atoms with Crippen molar-refractivity contribution in [2.24, 2.45) is 0 Å². The molecular formula is C21H23BrN4O. The lowest BCUT2D eigenvalue weighted by Crippen LogP contribution is -2.35. The molecule has 0 atom stereocenters. The van der Waals surface area contributed by atoms with Gasteiger partial charge < -0.3 is 10.4 Å². The number of halogens is 1. The van der Waals surface area contributed by atoms with Gasteiger partial charge in [0.05, 0.1) is 11.6 Å². The van der Waals surface area contributed by atoms with Crippen molar-refractivity contribution in [2.45, 2.75) is 32.0 Å². The van der Waals surface area contributed by atoms with Crippen LogP contribution in [0.3, 0.4) is 0 Å². The Balaban J connectivity index is 1.50. The second kappa shape index (κ2) is 8.33. The van der Waals surface area contributed by atoms with Gasteiger partial charge in [0.15, 0.2) is 0 Å². The highest BCUT2D eigenvalue weighted by Gasteiger charge is 2.17. The van der Waals surface area contributed by atoms with Crippen molar-refractivity contribution < 1.29 is 5.11 Å². The zero-order valence-electron chi connectivity index (χ0n) is 15.1. The molecule has 1 saturated heterocycles. The quantitative estimate of drug-likeness (QED) is 0.646. The summed E-state index contributed by atoms with van der Waals surface area (Å²) in [6.07, 6.45) is 3.19. The molecule has 3 aromatic rings. The van der Waals surface area contributed by atoms with E-state index in [0.29, 0.717) is 6.54 Å². The van der Waals surface area contributed by atoms with Crippen LogP contribution in [0.15, 0.2) is 53.3 Å². The Morgan fingerprint density at radius 1 is 1.07 bits per heavy atom. The summed E-state index contributed by atoms with van der Waals surface area (Å²) in [7, 11) is 0. The molecule has 0 bridgehead atoms. The van der Waals surface area contributed by atoms with Crippen molar-refractivity contribution in [3.63, 3.8) is 0 Å². The molecule has 27 heavy (non-hydrogen) atoms. The van der Waals surface area contributed by atoms with Gasteiger partial charge in [0.25, 0.3) is 0 Å². The SMILES string of the molecule is OC1CCN(Cc2ccccc2CNc2ncnc3ccc(Br)cc23)CC1. The molecule has 0 radical (unpaired) electrons. The molecule has 0 aliphatic carbocycles. The van der Waals surface area contributed by atoms with Crippen LogP contribution in [0.2, 0.25) is 0 Å². The van der Waals surface area contributed by atoms with Crippen LogP contribution in [0, 0.1) is 0 Å². The van der Waals surface area contributed by atoms with E-state index in [-0.39, 0.29) is 6.10 Å². The smallest absolute Gasteiger partial charge is 0.137 e. The van der Waals surface area contributed by atoms with Crippen molar-refractivity contribution in [1.82, 2.24) is 14.9 Å². The Bertz CT molecular complexity index is 925. The van der Waals surface area contributed by atoms with Crippen molar-refractivity contribution in [1.29, 1.82) is 0 Å².